The molecule has 0 unspecified atom stereocenters. The molecule has 1 aliphatic rings. The highest BCUT2D eigenvalue weighted by atomic mass is 16.5. The van der Waals surface area contributed by atoms with E-state index in [0.717, 1.165) is 56.1 Å². The van der Waals surface area contributed by atoms with Crippen molar-refractivity contribution in [2.75, 3.05) is 46.5 Å². The average molecular weight is 468 g/mol. The van der Waals surface area contributed by atoms with Crippen molar-refractivity contribution in [2.45, 2.75) is 38.8 Å². The first kappa shape index (κ1) is 25.7. The molecule has 0 aliphatic carbocycles. The molecule has 0 bridgehead atoms. The van der Waals surface area contributed by atoms with Crippen LogP contribution in [0.15, 0.2) is 54.6 Å². The van der Waals surface area contributed by atoms with Gasteiger partial charge >= 0.3 is 0 Å². The first-order valence-electron chi connectivity index (χ1n) is 12.1. The maximum atomic E-state index is 13.5. The van der Waals surface area contributed by atoms with Gasteiger partial charge in [-0.25, -0.2) is 0 Å². The molecule has 0 saturated carbocycles. The molecule has 3 rings (SSSR count). The predicted molar refractivity (Wildman–Crippen MR) is 133 cm³/mol. The zero-order valence-corrected chi connectivity index (χ0v) is 20.4. The van der Waals surface area contributed by atoms with Gasteiger partial charge in [-0.05, 0) is 29.7 Å². The van der Waals surface area contributed by atoms with Gasteiger partial charge in [-0.1, -0.05) is 49.4 Å². The second-order valence-electron chi connectivity index (χ2n) is 8.57. The van der Waals surface area contributed by atoms with Gasteiger partial charge in [0.15, 0.2) is 0 Å². The van der Waals surface area contributed by atoms with Crippen molar-refractivity contribution in [3.63, 3.8) is 0 Å². The number of nitrogens with zero attached hydrogens (tertiary/aromatic N) is 2. The number of methoxy groups -OCH3 is 1. The topological polar surface area (TPSA) is 71.1 Å². The summed E-state index contributed by atoms with van der Waals surface area (Å²) in [5.41, 5.74) is 1.99. The van der Waals surface area contributed by atoms with Crippen LogP contribution in [0.1, 0.15) is 30.9 Å². The van der Waals surface area contributed by atoms with Crippen LogP contribution in [0.25, 0.3) is 0 Å². The zero-order valence-electron chi connectivity index (χ0n) is 20.4. The van der Waals surface area contributed by atoms with Crippen LogP contribution in [0.5, 0.6) is 5.75 Å². The molecule has 0 radical (unpaired) electrons. The molecule has 2 aromatic rings. The van der Waals surface area contributed by atoms with Crippen LogP contribution in [0.3, 0.4) is 0 Å². The number of nitrogens with one attached hydrogen (secondary N) is 1. The van der Waals surface area contributed by atoms with Crippen LogP contribution in [0.4, 0.5) is 0 Å². The molecular formula is C27H37N3O4. The van der Waals surface area contributed by atoms with Crippen molar-refractivity contribution >= 4 is 11.8 Å². The van der Waals surface area contributed by atoms with E-state index in [1.165, 1.54) is 0 Å². The summed E-state index contributed by atoms with van der Waals surface area (Å²) < 4.78 is 10.7. The van der Waals surface area contributed by atoms with Gasteiger partial charge in [0.25, 0.3) is 0 Å². The Bertz CT molecular complexity index is 883. The molecule has 1 N–H and O–H groups in total. The van der Waals surface area contributed by atoms with Crippen LogP contribution in [-0.4, -0.2) is 74.2 Å². The summed E-state index contributed by atoms with van der Waals surface area (Å²) in [6.07, 6.45) is 1.60. The highest BCUT2D eigenvalue weighted by Gasteiger charge is 2.30. The maximum absolute atomic E-state index is 13.5. The summed E-state index contributed by atoms with van der Waals surface area (Å²) in [5, 5.41) is 3.10. The van der Waals surface area contributed by atoms with Gasteiger partial charge in [0.1, 0.15) is 11.8 Å². The molecule has 0 spiro atoms. The molecule has 7 heteroatoms. The van der Waals surface area contributed by atoms with Crippen LogP contribution in [0.2, 0.25) is 0 Å². The van der Waals surface area contributed by atoms with Gasteiger partial charge in [0, 0.05) is 45.6 Å². The molecule has 1 fully saturated rings. The van der Waals surface area contributed by atoms with Crippen molar-refractivity contribution in [1.29, 1.82) is 0 Å². The van der Waals surface area contributed by atoms with Crippen molar-refractivity contribution < 1.29 is 19.1 Å². The van der Waals surface area contributed by atoms with Crippen molar-refractivity contribution in [1.82, 2.24) is 15.1 Å². The normalized spacial score (nSPS) is 14.9. The van der Waals surface area contributed by atoms with Gasteiger partial charge in [-0.2, -0.15) is 0 Å². The lowest BCUT2D eigenvalue weighted by molar-refractivity contribution is -0.141. The smallest absolute Gasteiger partial charge is 0.243 e. The Balaban J connectivity index is 1.77. The van der Waals surface area contributed by atoms with Crippen molar-refractivity contribution in [3.05, 3.63) is 65.7 Å². The van der Waals surface area contributed by atoms with E-state index in [4.69, 9.17) is 9.47 Å². The largest absolute Gasteiger partial charge is 0.497 e. The fourth-order valence-electron chi connectivity index (χ4n) is 4.12. The lowest BCUT2D eigenvalue weighted by atomic mass is 10.0. The molecule has 0 aromatic heterocycles. The number of hydrogen-bond acceptors (Lipinski definition) is 5. The summed E-state index contributed by atoms with van der Waals surface area (Å²) in [5.74, 6) is 0.634. The van der Waals surface area contributed by atoms with Gasteiger partial charge in [-0.15, -0.1) is 0 Å². The lowest BCUT2D eigenvalue weighted by Crippen LogP contribution is -2.51. The van der Waals surface area contributed by atoms with Crippen molar-refractivity contribution in [2.24, 2.45) is 0 Å². The van der Waals surface area contributed by atoms with Gasteiger partial charge < -0.3 is 19.7 Å². The van der Waals surface area contributed by atoms with Gasteiger partial charge in [-0.3, -0.25) is 14.5 Å². The zero-order chi connectivity index (χ0) is 24.2. The molecule has 2 amide bonds. The molecule has 7 nitrogen and oxygen atoms in total. The number of rotatable bonds is 12. The number of amides is 2. The number of carbonyl (C=O) groups is 2. The predicted octanol–water partition coefficient (Wildman–Crippen LogP) is 2.88. The third-order valence-electron chi connectivity index (χ3n) is 6.08. The third-order valence-corrected chi connectivity index (χ3v) is 6.08. The molecule has 34 heavy (non-hydrogen) atoms. The lowest BCUT2D eigenvalue weighted by Gasteiger charge is -2.32. The molecule has 184 valence electrons. The minimum atomic E-state index is -0.590. The Kier molecular flexibility index (Phi) is 10.4. The maximum Gasteiger partial charge on any atom is 0.243 e. The molecule has 1 atom stereocenters. The Morgan fingerprint density at radius 1 is 1.06 bits per heavy atom. The van der Waals surface area contributed by atoms with E-state index in [0.29, 0.717) is 25.9 Å². The molecule has 2 aromatic carbocycles. The summed E-state index contributed by atoms with van der Waals surface area (Å²) >= 11 is 0. The molecule has 1 saturated heterocycles. The highest BCUT2D eigenvalue weighted by molar-refractivity contribution is 5.88. The second-order valence-corrected chi connectivity index (χ2v) is 8.57. The number of ether oxygens (including phenoxy) is 2. The number of hydrogen-bond donors (Lipinski definition) is 1. The van der Waals surface area contributed by atoms with Gasteiger partial charge in [0.2, 0.25) is 11.8 Å². The summed E-state index contributed by atoms with van der Waals surface area (Å²) in [7, 11) is 1.63. The van der Waals surface area contributed by atoms with E-state index in [1.807, 2.05) is 61.5 Å². The van der Waals surface area contributed by atoms with E-state index >= 15 is 0 Å². The Morgan fingerprint density at radius 2 is 1.76 bits per heavy atom. The van der Waals surface area contributed by atoms with E-state index in [9.17, 15) is 9.59 Å². The number of benzene rings is 2. The quantitative estimate of drug-likeness (QED) is 0.520. The van der Waals surface area contributed by atoms with Crippen LogP contribution >= 0.6 is 0 Å². The van der Waals surface area contributed by atoms with E-state index in [1.54, 1.807) is 12.0 Å². The Morgan fingerprint density at radius 3 is 2.41 bits per heavy atom. The van der Waals surface area contributed by atoms with Crippen molar-refractivity contribution in [3.8, 4) is 5.75 Å². The van der Waals surface area contributed by atoms with Crippen LogP contribution in [-0.2, 0) is 27.3 Å². The van der Waals surface area contributed by atoms with Gasteiger partial charge in [0.05, 0.1) is 20.3 Å². The summed E-state index contributed by atoms with van der Waals surface area (Å²) in [4.78, 5) is 30.7. The first-order valence-corrected chi connectivity index (χ1v) is 12.1. The fourth-order valence-corrected chi connectivity index (χ4v) is 4.12. The first-order chi connectivity index (χ1) is 16.6. The van der Waals surface area contributed by atoms with E-state index < -0.39 is 6.04 Å². The average Bonchev–Trinajstić information content (AvgIpc) is 2.88. The Labute approximate surface area is 203 Å². The Hall–Kier alpha value is -2.90. The molecule has 1 heterocycles. The fraction of sp³-hybridized carbons (Fsp3) is 0.481. The van der Waals surface area contributed by atoms with Crippen LogP contribution < -0.4 is 10.1 Å². The van der Waals surface area contributed by atoms with Crippen LogP contribution in [0, 0.1) is 0 Å². The SMILES string of the molecule is CCCC(=O)N(Cc1ccc(OC)cc1)[C@@H](Cc1ccccc1)C(=O)NCCN1CCOCC1. The molecular weight excluding hydrogens is 430 g/mol. The summed E-state index contributed by atoms with van der Waals surface area (Å²) in [6.45, 7) is 6.88. The number of carbonyl (C=O) groups excluding carboxylic acids is 2. The van der Waals surface area contributed by atoms with E-state index in [2.05, 4.69) is 10.2 Å². The standard InChI is InChI=1S/C27H37N3O4/c1-3-7-26(31)30(21-23-10-12-24(33-2)13-11-23)25(20-22-8-5-4-6-9-22)27(32)28-14-15-29-16-18-34-19-17-29/h4-6,8-13,25H,3,7,14-21H2,1-2H3,(H,28,32)/t25-/m0/s1. The second kappa shape index (κ2) is 13.7. The minimum absolute atomic E-state index is 0.0115. The summed E-state index contributed by atoms with van der Waals surface area (Å²) in [6, 6.07) is 17.0. The monoisotopic (exact) mass is 467 g/mol. The third kappa shape index (κ3) is 7.85. The van der Waals surface area contributed by atoms with E-state index in [-0.39, 0.29) is 11.8 Å². The molecule has 1 aliphatic heterocycles. The minimum Gasteiger partial charge on any atom is -0.497 e. The highest BCUT2D eigenvalue weighted by Crippen LogP contribution is 2.18. The number of morpholine rings is 1.